The maximum Gasteiger partial charge on any atom is 0.164 e. The smallest absolute Gasteiger partial charge is 0.164 e. The van der Waals surface area contributed by atoms with Crippen LogP contribution >= 0.6 is 0 Å². The van der Waals surface area contributed by atoms with Gasteiger partial charge < -0.3 is 0 Å². The van der Waals surface area contributed by atoms with Crippen LogP contribution in [0.15, 0.2) is 225 Å². The maximum atomic E-state index is 5.15. The van der Waals surface area contributed by atoms with Gasteiger partial charge in [-0.25, -0.2) is 19.9 Å². The molecule has 63 heavy (non-hydrogen) atoms. The molecule has 9 aromatic carbocycles. The molecule has 294 valence electrons. The Morgan fingerprint density at radius 3 is 1.08 bits per heavy atom. The molecule has 0 radical (unpaired) electrons. The molecule has 0 unspecified atom stereocenters. The van der Waals surface area contributed by atoms with Gasteiger partial charge in [0.2, 0.25) is 0 Å². The topological polar surface area (TPSA) is 56.0 Å². The van der Waals surface area contributed by atoms with Crippen molar-refractivity contribution >= 4 is 38.2 Å². The van der Waals surface area contributed by atoms with Gasteiger partial charge in [0.05, 0.1) is 11.0 Å². The largest absolute Gasteiger partial charge is 0.299 e. The normalized spacial score (nSPS) is 11.5. The molecule has 0 saturated carbocycles. The Morgan fingerprint density at radius 1 is 0.254 bits per heavy atom. The van der Waals surface area contributed by atoms with Gasteiger partial charge in [-0.3, -0.25) is 4.40 Å². The second-order valence-corrected chi connectivity index (χ2v) is 15.9. The zero-order chi connectivity index (χ0) is 41.7. The lowest BCUT2D eigenvalue weighted by Gasteiger charge is -2.12. The van der Waals surface area contributed by atoms with E-state index >= 15 is 0 Å². The van der Waals surface area contributed by atoms with E-state index < -0.39 is 0 Å². The van der Waals surface area contributed by atoms with E-state index in [1.165, 1.54) is 38.4 Å². The van der Waals surface area contributed by atoms with Crippen molar-refractivity contribution in [3.05, 3.63) is 225 Å². The summed E-state index contributed by atoms with van der Waals surface area (Å²) < 4.78 is 2.21. The molecule has 0 fully saturated rings. The van der Waals surface area contributed by atoms with Crippen LogP contribution < -0.4 is 0 Å². The third kappa shape index (κ3) is 6.60. The number of aromatic nitrogens is 5. The standard InChI is InChI=1S/C58H37N5/c1-4-12-38(13-5-1)41-19-25-44(26-20-41)56-60-57(45-27-21-42(22-28-45)39-14-6-2-7-15-39)62-58(61-56)46-29-23-43(24-30-46)48-32-34-50-52(37-48)51-36-47(40-16-8-3-9-17-40)31-33-49(51)54-55(50)63-35-11-10-18-53(63)59-54/h1-37H. The van der Waals surface area contributed by atoms with Crippen molar-refractivity contribution in [1.82, 2.24) is 24.3 Å². The monoisotopic (exact) mass is 803 g/mol. The molecule has 5 nitrogen and oxygen atoms in total. The van der Waals surface area contributed by atoms with Crippen molar-refractivity contribution in [2.75, 3.05) is 0 Å². The van der Waals surface area contributed by atoms with Crippen LogP contribution in [-0.4, -0.2) is 24.3 Å². The van der Waals surface area contributed by atoms with Gasteiger partial charge in [-0.1, -0.05) is 194 Å². The Kier molecular flexibility index (Phi) is 8.75. The minimum absolute atomic E-state index is 0.619. The summed E-state index contributed by atoms with van der Waals surface area (Å²) in [4.78, 5) is 20.4. The summed E-state index contributed by atoms with van der Waals surface area (Å²) >= 11 is 0. The van der Waals surface area contributed by atoms with Crippen molar-refractivity contribution in [1.29, 1.82) is 0 Å². The van der Waals surface area contributed by atoms with Crippen LogP contribution in [0.25, 0.3) is 117 Å². The van der Waals surface area contributed by atoms with Crippen molar-refractivity contribution < 1.29 is 0 Å². The number of benzene rings is 9. The third-order valence-electron chi connectivity index (χ3n) is 12.1. The van der Waals surface area contributed by atoms with E-state index in [-0.39, 0.29) is 0 Å². The van der Waals surface area contributed by atoms with E-state index in [1.807, 2.05) is 18.2 Å². The number of pyridine rings is 1. The molecule has 12 rings (SSSR count). The van der Waals surface area contributed by atoms with Crippen molar-refractivity contribution in [3.63, 3.8) is 0 Å². The molecule has 0 saturated heterocycles. The molecule has 0 aliphatic carbocycles. The predicted molar refractivity (Wildman–Crippen MR) is 259 cm³/mol. The number of imidazole rings is 1. The molecular weight excluding hydrogens is 767 g/mol. The van der Waals surface area contributed by atoms with Crippen molar-refractivity contribution in [2.24, 2.45) is 0 Å². The molecule has 12 aromatic rings. The van der Waals surface area contributed by atoms with Gasteiger partial charge in [-0.05, 0) is 79.5 Å². The van der Waals surface area contributed by atoms with Crippen LogP contribution in [-0.2, 0) is 0 Å². The van der Waals surface area contributed by atoms with Crippen molar-refractivity contribution in [2.45, 2.75) is 0 Å². The minimum Gasteiger partial charge on any atom is -0.299 e. The Hall–Kier alpha value is -8.54. The van der Waals surface area contributed by atoms with Crippen LogP contribution in [0.4, 0.5) is 0 Å². The first-order chi connectivity index (χ1) is 31.2. The lowest BCUT2D eigenvalue weighted by Crippen LogP contribution is -2.00. The molecular formula is C58H37N5. The number of hydrogen-bond donors (Lipinski definition) is 0. The molecule has 3 aromatic heterocycles. The van der Waals surface area contributed by atoms with Crippen LogP contribution in [0.5, 0.6) is 0 Å². The van der Waals surface area contributed by atoms with E-state index in [1.54, 1.807) is 0 Å². The second-order valence-electron chi connectivity index (χ2n) is 15.9. The molecule has 0 aliphatic rings. The van der Waals surface area contributed by atoms with Crippen LogP contribution in [0, 0.1) is 0 Å². The van der Waals surface area contributed by atoms with E-state index in [4.69, 9.17) is 19.9 Å². The number of nitrogens with zero attached hydrogens (tertiary/aromatic N) is 5. The molecule has 0 aliphatic heterocycles. The third-order valence-corrected chi connectivity index (χ3v) is 12.1. The first kappa shape index (κ1) is 36.3. The first-order valence-corrected chi connectivity index (χ1v) is 21.2. The number of rotatable bonds is 7. The fourth-order valence-electron chi connectivity index (χ4n) is 8.84. The highest BCUT2D eigenvalue weighted by atomic mass is 15.0. The van der Waals surface area contributed by atoms with Crippen LogP contribution in [0.3, 0.4) is 0 Å². The summed E-state index contributed by atoms with van der Waals surface area (Å²) in [5.41, 5.74) is 15.0. The van der Waals surface area contributed by atoms with E-state index in [9.17, 15) is 0 Å². The van der Waals surface area contributed by atoms with Crippen molar-refractivity contribution in [3.8, 4) is 78.7 Å². The highest BCUT2D eigenvalue weighted by Gasteiger charge is 2.17. The SMILES string of the molecule is c1ccc(-c2ccc(-c3nc(-c4ccc(-c5ccccc5)cc4)nc(-c4ccc(-c5ccc6c(c5)c5cc(-c7ccccc7)ccc5c5nc7ccccn7c65)cc4)n3)cc2)cc1. The average Bonchev–Trinajstić information content (AvgIpc) is 3.77. The fraction of sp³-hybridized carbons (Fsp3) is 0. The lowest BCUT2D eigenvalue weighted by molar-refractivity contribution is 1.07. The fourth-order valence-corrected chi connectivity index (χ4v) is 8.84. The highest BCUT2D eigenvalue weighted by molar-refractivity contribution is 6.25. The minimum atomic E-state index is 0.619. The summed E-state index contributed by atoms with van der Waals surface area (Å²) in [6.07, 6.45) is 2.11. The zero-order valence-electron chi connectivity index (χ0n) is 34.1. The van der Waals surface area contributed by atoms with Gasteiger partial charge in [0.25, 0.3) is 0 Å². The molecule has 0 bridgehead atoms. The predicted octanol–water partition coefficient (Wildman–Crippen LogP) is 14.6. The number of hydrogen-bond acceptors (Lipinski definition) is 4. The molecule has 0 N–H and O–H groups in total. The Morgan fingerprint density at radius 2 is 0.603 bits per heavy atom. The summed E-state index contributed by atoms with van der Waals surface area (Å²) in [7, 11) is 0. The summed E-state index contributed by atoms with van der Waals surface area (Å²) in [6, 6.07) is 76.7. The van der Waals surface area contributed by atoms with Gasteiger partial charge in [0, 0.05) is 33.7 Å². The van der Waals surface area contributed by atoms with E-state index in [0.29, 0.717) is 17.5 Å². The quantitative estimate of drug-likeness (QED) is 0.151. The lowest BCUT2D eigenvalue weighted by atomic mass is 9.93. The van der Waals surface area contributed by atoms with E-state index in [2.05, 4.69) is 211 Å². The number of fused-ring (bicyclic) bond motifs is 8. The van der Waals surface area contributed by atoms with Gasteiger partial charge >= 0.3 is 0 Å². The van der Waals surface area contributed by atoms with Crippen LogP contribution in [0.1, 0.15) is 0 Å². The Labute approximate surface area is 364 Å². The van der Waals surface area contributed by atoms with Gasteiger partial charge in [0.1, 0.15) is 5.65 Å². The second kappa shape index (κ2) is 15.2. The first-order valence-electron chi connectivity index (χ1n) is 21.2. The molecule has 3 heterocycles. The average molecular weight is 804 g/mol. The van der Waals surface area contributed by atoms with Crippen LogP contribution in [0.2, 0.25) is 0 Å². The van der Waals surface area contributed by atoms with Gasteiger partial charge in [0.15, 0.2) is 17.5 Å². The molecule has 0 spiro atoms. The van der Waals surface area contributed by atoms with Gasteiger partial charge in [-0.15, -0.1) is 0 Å². The highest BCUT2D eigenvalue weighted by Crippen LogP contribution is 2.40. The summed E-state index contributed by atoms with van der Waals surface area (Å²) in [5.74, 6) is 1.87. The Balaban J connectivity index is 0.959. The summed E-state index contributed by atoms with van der Waals surface area (Å²) in [6.45, 7) is 0. The summed E-state index contributed by atoms with van der Waals surface area (Å²) in [5, 5.41) is 4.67. The zero-order valence-corrected chi connectivity index (χ0v) is 34.1. The Bertz CT molecular complexity index is 3520. The van der Waals surface area contributed by atoms with E-state index in [0.717, 1.165) is 61.0 Å². The molecule has 0 atom stereocenters. The maximum absolute atomic E-state index is 5.15. The molecule has 5 heteroatoms. The molecule has 0 amide bonds. The van der Waals surface area contributed by atoms with Gasteiger partial charge in [-0.2, -0.15) is 0 Å².